The number of halogens is 1. The topological polar surface area (TPSA) is 82.7 Å². The predicted octanol–water partition coefficient (Wildman–Crippen LogP) is 5.07. The van der Waals surface area contributed by atoms with E-state index in [0.29, 0.717) is 27.9 Å². The van der Waals surface area contributed by atoms with Gasteiger partial charge in [0.15, 0.2) is 0 Å². The maximum Gasteiger partial charge on any atom is 0.139 e. The molecule has 0 bridgehead atoms. The highest BCUT2D eigenvalue weighted by molar-refractivity contribution is 5.68. The average molecular weight is 419 g/mol. The number of hydrogen-bond donors (Lipinski definition) is 1. The van der Waals surface area contributed by atoms with Crippen LogP contribution in [-0.2, 0) is 11.0 Å². The summed E-state index contributed by atoms with van der Waals surface area (Å²) >= 11 is 0. The van der Waals surface area contributed by atoms with E-state index in [9.17, 15) is 10.4 Å². The Morgan fingerprint density at radius 3 is 2.10 bits per heavy atom. The molecule has 0 fully saturated rings. The molecule has 160 valence electrons. The molecular weight excluding hydrogens is 391 g/mol. The van der Waals surface area contributed by atoms with Crippen LogP contribution in [-0.4, -0.2) is 20.1 Å². The number of benzene rings is 1. The van der Waals surface area contributed by atoms with Gasteiger partial charge in [0.1, 0.15) is 17.7 Å². The molecule has 1 N–H and O–H groups in total. The van der Waals surface area contributed by atoms with E-state index in [0.717, 1.165) is 5.56 Å². The Kier molecular flexibility index (Phi) is 5.68. The van der Waals surface area contributed by atoms with Gasteiger partial charge in [-0.15, -0.1) is 0 Å². The molecular formula is C25H27FN4O. The molecule has 0 spiro atoms. The lowest BCUT2D eigenvalue weighted by molar-refractivity contribution is -0.0301. The first kappa shape index (κ1) is 22.5. The number of hydrogen-bond acceptors (Lipinski definition) is 5. The van der Waals surface area contributed by atoms with E-state index in [1.807, 2.05) is 33.8 Å². The zero-order chi connectivity index (χ0) is 23.0. The van der Waals surface area contributed by atoms with Crippen molar-refractivity contribution in [3.8, 4) is 17.2 Å². The molecule has 3 aromatic rings. The fourth-order valence-electron chi connectivity index (χ4n) is 3.74. The summed E-state index contributed by atoms with van der Waals surface area (Å²) in [6.07, 6.45) is 6.13. The number of nitrogens with zero attached hydrogens (tertiary/aromatic N) is 4. The fraction of sp³-hybridized carbons (Fsp3) is 0.360. The zero-order valence-electron chi connectivity index (χ0n) is 18.7. The second kappa shape index (κ2) is 7.82. The highest BCUT2D eigenvalue weighted by Gasteiger charge is 2.45. The molecule has 0 aliphatic rings. The van der Waals surface area contributed by atoms with Gasteiger partial charge in [-0.2, -0.15) is 5.26 Å². The van der Waals surface area contributed by atoms with Crippen LogP contribution in [0.2, 0.25) is 0 Å². The number of nitriles is 1. The van der Waals surface area contributed by atoms with E-state index in [1.165, 1.54) is 12.4 Å². The van der Waals surface area contributed by atoms with Crippen LogP contribution in [0.1, 0.15) is 57.0 Å². The standard InChI is InChI=1S/C25H27FN4O/c1-16-9-18(24(5,6)14-27)10-20(26)22(16)17-7-8-21(30-11-17)25(31,23(2,3)4)19-12-28-15-29-13-19/h7-13,15,31H,1-6H3. The molecule has 5 nitrogen and oxygen atoms in total. The second-order valence-corrected chi connectivity index (χ2v) is 9.41. The number of rotatable bonds is 4. The van der Waals surface area contributed by atoms with Crippen LogP contribution in [0.15, 0.2) is 49.2 Å². The van der Waals surface area contributed by atoms with Gasteiger partial charge in [-0.05, 0) is 44.0 Å². The Morgan fingerprint density at radius 1 is 0.968 bits per heavy atom. The van der Waals surface area contributed by atoms with Crippen LogP contribution >= 0.6 is 0 Å². The quantitative estimate of drug-likeness (QED) is 0.640. The average Bonchev–Trinajstić information content (AvgIpc) is 2.73. The molecule has 0 saturated heterocycles. The minimum absolute atomic E-state index is 0.407. The van der Waals surface area contributed by atoms with Crippen molar-refractivity contribution in [2.24, 2.45) is 5.41 Å². The first-order valence-corrected chi connectivity index (χ1v) is 10.1. The Labute approximate surface area is 182 Å². The van der Waals surface area contributed by atoms with Crippen molar-refractivity contribution in [1.29, 1.82) is 5.26 Å². The third kappa shape index (κ3) is 3.94. The highest BCUT2D eigenvalue weighted by Crippen LogP contribution is 2.44. The molecule has 0 aliphatic carbocycles. The maximum atomic E-state index is 15.0. The van der Waals surface area contributed by atoms with Crippen molar-refractivity contribution >= 4 is 0 Å². The van der Waals surface area contributed by atoms with Crippen molar-refractivity contribution in [3.05, 3.63) is 77.4 Å². The number of aryl methyl sites for hydroxylation is 1. The van der Waals surface area contributed by atoms with E-state index in [2.05, 4.69) is 21.0 Å². The summed E-state index contributed by atoms with van der Waals surface area (Å²) in [6, 6.07) is 8.91. The van der Waals surface area contributed by atoms with Gasteiger partial charge in [0, 0.05) is 40.7 Å². The lowest BCUT2D eigenvalue weighted by Crippen LogP contribution is -2.42. The summed E-state index contributed by atoms with van der Waals surface area (Å²) in [7, 11) is 0. The third-order valence-corrected chi connectivity index (χ3v) is 5.78. The SMILES string of the molecule is Cc1cc(C(C)(C)C#N)cc(F)c1-c1ccc(C(O)(c2cncnc2)C(C)(C)C)nc1. The Balaban J connectivity index is 2.09. The largest absolute Gasteiger partial charge is 0.378 e. The number of aromatic nitrogens is 3. The summed E-state index contributed by atoms with van der Waals surface area (Å²) in [5, 5.41) is 21.0. The van der Waals surface area contributed by atoms with Gasteiger partial charge in [-0.1, -0.05) is 32.9 Å². The molecule has 2 aromatic heterocycles. The monoisotopic (exact) mass is 418 g/mol. The molecule has 1 aromatic carbocycles. The van der Waals surface area contributed by atoms with Gasteiger partial charge >= 0.3 is 0 Å². The summed E-state index contributed by atoms with van der Waals surface area (Å²) in [5.74, 6) is -0.407. The smallest absolute Gasteiger partial charge is 0.139 e. The van der Waals surface area contributed by atoms with Crippen molar-refractivity contribution in [2.75, 3.05) is 0 Å². The zero-order valence-corrected chi connectivity index (χ0v) is 18.7. The molecule has 3 rings (SSSR count). The first-order chi connectivity index (χ1) is 14.4. The fourth-order valence-corrected chi connectivity index (χ4v) is 3.74. The minimum atomic E-state index is -1.43. The Bertz CT molecular complexity index is 1110. The van der Waals surface area contributed by atoms with Crippen molar-refractivity contribution in [2.45, 2.75) is 52.6 Å². The summed E-state index contributed by atoms with van der Waals surface area (Å²) in [4.78, 5) is 12.6. The highest BCUT2D eigenvalue weighted by atomic mass is 19.1. The van der Waals surface area contributed by atoms with Crippen LogP contribution in [0.5, 0.6) is 0 Å². The van der Waals surface area contributed by atoms with E-state index < -0.39 is 22.2 Å². The number of pyridine rings is 1. The maximum absolute atomic E-state index is 15.0. The van der Waals surface area contributed by atoms with Crippen molar-refractivity contribution < 1.29 is 9.50 Å². The van der Waals surface area contributed by atoms with Crippen LogP contribution < -0.4 is 0 Å². The van der Waals surface area contributed by atoms with Crippen molar-refractivity contribution in [3.63, 3.8) is 0 Å². The van der Waals surface area contributed by atoms with Gasteiger partial charge in [-0.25, -0.2) is 14.4 Å². The third-order valence-electron chi connectivity index (χ3n) is 5.78. The van der Waals surface area contributed by atoms with Gasteiger partial charge < -0.3 is 5.11 Å². The van der Waals surface area contributed by atoms with Crippen LogP contribution in [0.4, 0.5) is 4.39 Å². The second-order valence-electron chi connectivity index (χ2n) is 9.41. The van der Waals surface area contributed by atoms with Crippen LogP contribution in [0, 0.1) is 29.5 Å². The molecule has 2 heterocycles. The number of aliphatic hydroxyl groups is 1. The Morgan fingerprint density at radius 2 is 1.61 bits per heavy atom. The molecule has 0 amide bonds. The lowest BCUT2D eigenvalue weighted by Gasteiger charge is -2.39. The van der Waals surface area contributed by atoms with Gasteiger partial charge in [0.25, 0.3) is 0 Å². The summed E-state index contributed by atoms with van der Waals surface area (Å²) in [6.45, 7) is 11.1. The molecule has 6 heteroatoms. The Hall–Kier alpha value is -3.17. The predicted molar refractivity (Wildman–Crippen MR) is 117 cm³/mol. The van der Waals surface area contributed by atoms with E-state index >= 15 is 4.39 Å². The lowest BCUT2D eigenvalue weighted by atomic mass is 9.70. The molecule has 31 heavy (non-hydrogen) atoms. The summed E-state index contributed by atoms with van der Waals surface area (Å²) in [5.41, 5.74) is 0.526. The van der Waals surface area contributed by atoms with Crippen LogP contribution in [0.25, 0.3) is 11.1 Å². The molecule has 1 unspecified atom stereocenters. The van der Waals surface area contributed by atoms with Gasteiger partial charge in [0.2, 0.25) is 0 Å². The normalized spacial score (nSPS) is 14.0. The first-order valence-electron chi connectivity index (χ1n) is 10.1. The van der Waals surface area contributed by atoms with E-state index in [4.69, 9.17) is 0 Å². The minimum Gasteiger partial charge on any atom is -0.378 e. The summed E-state index contributed by atoms with van der Waals surface area (Å²) < 4.78 is 15.0. The van der Waals surface area contributed by atoms with E-state index in [1.54, 1.807) is 44.6 Å². The van der Waals surface area contributed by atoms with Gasteiger partial charge in [0.05, 0.1) is 17.2 Å². The van der Waals surface area contributed by atoms with Crippen molar-refractivity contribution in [1.82, 2.24) is 15.0 Å². The molecule has 1 atom stereocenters. The molecule has 0 radical (unpaired) electrons. The molecule has 0 saturated carbocycles. The van der Waals surface area contributed by atoms with E-state index in [-0.39, 0.29) is 0 Å². The van der Waals surface area contributed by atoms with Crippen LogP contribution in [0.3, 0.4) is 0 Å². The molecule has 0 aliphatic heterocycles. The van der Waals surface area contributed by atoms with Gasteiger partial charge in [-0.3, -0.25) is 4.98 Å².